The van der Waals surface area contributed by atoms with Crippen molar-refractivity contribution < 1.29 is 0 Å². The fourth-order valence-electron chi connectivity index (χ4n) is 4.91. The minimum absolute atomic E-state index is 0.975. The Morgan fingerprint density at radius 2 is 1.41 bits per heavy atom. The number of hydrogen-bond acceptors (Lipinski definition) is 0. The molecule has 0 spiro atoms. The van der Waals surface area contributed by atoms with Gasteiger partial charge in [-0.25, -0.2) is 0 Å². The van der Waals surface area contributed by atoms with E-state index in [1.54, 1.807) is 0 Å². The highest BCUT2D eigenvalue weighted by atomic mass is 14.4. The van der Waals surface area contributed by atoms with Crippen LogP contribution in [0.25, 0.3) is 0 Å². The van der Waals surface area contributed by atoms with Gasteiger partial charge in [-0.1, -0.05) is 53.4 Å². The van der Waals surface area contributed by atoms with Crippen molar-refractivity contribution in [2.45, 2.75) is 72.6 Å². The largest absolute Gasteiger partial charge is 0.0625 e. The topological polar surface area (TPSA) is 0 Å². The van der Waals surface area contributed by atoms with Crippen molar-refractivity contribution in [2.75, 3.05) is 0 Å². The van der Waals surface area contributed by atoms with Crippen LogP contribution in [0.15, 0.2) is 0 Å². The van der Waals surface area contributed by atoms with E-state index in [1.165, 1.54) is 44.9 Å². The zero-order valence-electron chi connectivity index (χ0n) is 12.4. The lowest BCUT2D eigenvalue weighted by Gasteiger charge is -2.43. The van der Waals surface area contributed by atoms with Crippen molar-refractivity contribution in [3.8, 4) is 0 Å². The molecule has 17 heavy (non-hydrogen) atoms. The second-order valence-corrected chi connectivity index (χ2v) is 7.34. The Hall–Kier alpha value is 0. The van der Waals surface area contributed by atoms with Crippen molar-refractivity contribution >= 4 is 0 Å². The van der Waals surface area contributed by atoms with E-state index in [9.17, 15) is 0 Å². The molecular formula is C17H32. The monoisotopic (exact) mass is 236 g/mol. The van der Waals surface area contributed by atoms with E-state index in [2.05, 4.69) is 27.7 Å². The molecule has 0 nitrogen and oxygen atoms in total. The molecule has 0 heteroatoms. The van der Waals surface area contributed by atoms with E-state index in [1.807, 2.05) is 0 Å². The summed E-state index contributed by atoms with van der Waals surface area (Å²) < 4.78 is 0. The van der Waals surface area contributed by atoms with Gasteiger partial charge < -0.3 is 0 Å². The molecular weight excluding hydrogens is 204 g/mol. The second-order valence-electron chi connectivity index (χ2n) is 7.34. The molecule has 0 amide bonds. The first-order valence-corrected chi connectivity index (χ1v) is 8.09. The summed E-state index contributed by atoms with van der Waals surface area (Å²) in [6.07, 6.45) is 10.5. The highest BCUT2D eigenvalue weighted by Gasteiger charge is 2.35. The van der Waals surface area contributed by atoms with Gasteiger partial charge in [-0.05, 0) is 54.8 Å². The van der Waals surface area contributed by atoms with Crippen molar-refractivity contribution in [3.05, 3.63) is 0 Å². The summed E-state index contributed by atoms with van der Waals surface area (Å²) in [5.41, 5.74) is 0. The van der Waals surface area contributed by atoms with Crippen LogP contribution >= 0.6 is 0 Å². The van der Waals surface area contributed by atoms with Crippen LogP contribution in [0.4, 0.5) is 0 Å². The lowest BCUT2D eigenvalue weighted by Crippen LogP contribution is -2.34. The molecule has 0 bridgehead atoms. The Balaban J connectivity index is 1.96. The minimum Gasteiger partial charge on any atom is -0.0625 e. The Kier molecular flexibility index (Phi) is 4.55. The standard InChI is InChI=1S/C17H32/c1-12-9-10-17(14(3)11-12)15(4)16-8-6-5-7-13(16)2/h12-17H,5-11H2,1-4H3. The molecule has 0 aromatic rings. The molecule has 0 N–H and O–H groups in total. The summed E-state index contributed by atoms with van der Waals surface area (Å²) in [6, 6.07) is 0. The van der Waals surface area contributed by atoms with Crippen molar-refractivity contribution in [2.24, 2.45) is 35.5 Å². The van der Waals surface area contributed by atoms with Gasteiger partial charge in [0.25, 0.3) is 0 Å². The maximum Gasteiger partial charge on any atom is -0.0360 e. The molecule has 2 aliphatic carbocycles. The van der Waals surface area contributed by atoms with Crippen LogP contribution in [0.5, 0.6) is 0 Å². The molecule has 2 aliphatic rings. The van der Waals surface area contributed by atoms with Crippen molar-refractivity contribution in [1.82, 2.24) is 0 Å². The lowest BCUT2D eigenvalue weighted by molar-refractivity contribution is 0.0707. The summed E-state index contributed by atoms with van der Waals surface area (Å²) >= 11 is 0. The van der Waals surface area contributed by atoms with E-state index >= 15 is 0 Å². The molecule has 0 heterocycles. The maximum atomic E-state index is 2.57. The molecule has 0 radical (unpaired) electrons. The van der Waals surface area contributed by atoms with Crippen molar-refractivity contribution in [1.29, 1.82) is 0 Å². The Morgan fingerprint density at radius 3 is 2.06 bits per heavy atom. The van der Waals surface area contributed by atoms with Crippen LogP contribution in [0.1, 0.15) is 72.6 Å². The van der Waals surface area contributed by atoms with E-state index in [4.69, 9.17) is 0 Å². The first-order valence-electron chi connectivity index (χ1n) is 8.09. The Morgan fingerprint density at radius 1 is 0.765 bits per heavy atom. The predicted octanol–water partition coefficient (Wildman–Crippen LogP) is 5.52. The van der Waals surface area contributed by atoms with E-state index in [0.717, 1.165) is 35.5 Å². The van der Waals surface area contributed by atoms with E-state index in [0.29, 0.717) is 0 Å². The number of rotatable bonds is 2. The van der Waals surface area contributed by atoms with Gasteiger partial charge in [0.1, 0.15) is 0 Å². The highest BCUT2D eigenvalue weighted by Crippen LogP contribution is 2.45. The molecule has 6 atom stereocenters. The SMILES string of the molecule is CC1CCC(C(C)C2CCCCC2C)C(C)C1. The Bertz CT molecular complexity index is 232. The van der Waals surface area contributed by atoms with Gasteiger partial charge in [0.05, 0.1) is 0 Å². The van der Waals surface area contributed by atoms with Crippen molar-refractivity contribution in [3.63, 3.8) is 0 Å². The molecule has 0 aliphatic heterocycles. The molecule has 0 aromatic heterocycles. The van der Waals surface area contributed by atoms with Crippen LogP contribution < -0.4 is 0 Å². The molecule has 6 unspecified atom stereocenters. The van der Waals surface area contributed by atoms with E-state index < -0.39 is 0 Å². The van der Waals surface area contributed by atoms with Crippen LogP contribution in [0.3, 0.4) is 0 Å². The summed E-state index contributed by atoms with van der Waals surface area (Å²) in [5.74, 6) is 5.99. The zero-order valence-corrected chi connectivity index (χ0v) is 12.4. The van der Waals surface area contributed by atoms with Gasteiger partial charge in [0, 0.05) is 0 Å². The predicted molar refractivity (Wildman–Crippen MR) is 76.0 cm³/mol. The maximum absolute atomic E-state index is 2.57. The minimum atomic E-state index is 0.975. The Labute approximate surface area is 109 Å². The van der Waals surface area contributed by atoms with Crippen LogP contribution in [-0.2, 0) is 0 Å². The average Bonchev–Trinajstić information content (AvgIpc) is 2.29. The third-order valence-electron chi connectivity index (χ3n) is 6.03. The normalized spacial score (nSPS) is 45.5. The van der Waals surface area contributed by atoms with Crippen LogP contribution in [-0.4, -0.2) is 0 Å². The second kappa shape index (κ2) is 5.76. The fraction of sp³-hybridized carbons (Fsp3) is 1.00. The fourth-order valence-corrected chi connectivity index (χ4v) is 4.91. The molecule has 2 saturated carbocycles. The van der Waals surface area contributed by atoms with Gasteiger partial charge >= 0.3 is 0 Å². The summed E-state index contributed by atoms with van der Waals surface area (Å²) in [4.78, 5) is 0. The van der Waals surface area contributed by atoms with Crippen LogP contribution in [0.2, 0.25) is 0 Å². The summed E-state index contributed by atoms with van der Waals surface area (Å²) in [7, 11) is 0. The van der Waals surface area contributed by atoms with Gasteiger partial charge in [0.15, 0.2) is 0 Å². The smallest absolute Gasteiger partial charge is 0.0360 e. The average molecular weight is 236 g/mol. The summed E-state index contributed by atoms with van der Waals surface area (Å²) in [5, 5.41) is 0. The van der Waals surface area contributed by atoms with Gasteiger partial charge in [-0.2, -0.15) is 0 Å². The van der Waals surface area contributed by atoms with Gasteiger partial charge in [0.2, 0.25) is 0 Å². The molecule has 0 aromatic carbocycles. The highest BCUT2D eigenvalue weighted by molar-refractivity contribution is 4.85. The lowest BCUT2D eigenvalue weighted by atomic mass is 9.63. The first kappa shape index (κ1) is 13.4. The van der Waals surface area contributed by atoms with Gasteiger partial charge in [-0.3, -0.25) is 0 Å². The number of hydrogen-bond donors (Lipinski definition) is 0. The molecule has 0 saturated heterocycles. The molecule has 100 valence electrons. The third-order valence-corrected chi connectivity index (χ3v) is 6.03. The quantitative estimate of drug-likeness (QED) is 0.592. The van der Waals surface area contributed by atoms with E-state index in [-0.39, 0.29) is 0 Å². The zero-order chi connectivity index (χ0) is 12.4. The third kappa shape index (κ3) is 3.06. The molecule has 2 rings (SSSR count). The summed E-state index contributed by atoms with van der Waals surface area (Å²) in [6.45, 7) is 10.0. The molecule has 2 fully saturated rings. The first-order chi connectivity index (χ1) is 8.09. The van der Waals surface area contributed by atoms with Gasteiger partial charge in [-0.15, -0.1) is 0 Å². The van der Waals surface area contributed by atoms with Crippen LogP contribution in [0, 0.1) is 35.5 Å².